The summed E-state index contributed by atoms with van der Waals surface area (Å²) in [7, 11) is 1.28. The maximum atomic E-state index is 14.3. The Labute approximate surface area is 164 Å². The number of nitrogens with one attached hydrogen (secondary N) is 1. The van der Waals surface area contributed by atoms with E-state index >= 15 is 0 Å². The molecule has 152 valence electrons. The molecule has 0 amide bonds. The van der Waals surface area contributed by atoms with E-state index in [0.29, 0.717) is 12.2 Å². The number of carbonyl (C=O) groups excluding carboxylic acids is 1. The molecule has 0 aliphatic rings. The standard InChI is InChI=1S/C20H19FN2O6/c1-27-19(25)16(22)8-11-2-5-13(6-3-11)28-14-7-4-12(15(21)10-14)9-17-18(24)23-20(26)29-17/h2-7,10,16,24H,8-9,22H2,1H3,(H,23,26). The highest BCUT2D eigenvalue weighted by Crippen LogP contribution is 2.26. The van der Waals surface area contributed by atoms with Gasteiger partial charge in [0.2, 0.25) is 5.88 Å². The molecule has 3 aromatic rings. The summed E-state index contributed by atoms with van der Waals surface area (Å²) < 4.78 is 29.3. The number of aromatic hydroxyl groups is 1. The molecular formula is C20H19FN2O6. The molecule has 0 radical (unpaired) electrons. The van der Waals surface area contributed by atoms with Gasteiger partial charge in [-0.1, -0.05) is 18.2 Å². The molecule has 29 heavy (non-hydrogen) atoms. The van der Waals surface area contributed by atoms with Crippen LogP contribution in [0.5, 0.6) is 17.4 Å². The molecule has 0 spiro atoms. The molecule has 1 heterocycles. The monoisotopic (exact) mass is 402 g/mol. The summed E-state index contributed by atoms with van der Waals surface area (Å²) in [6.45, 7) is 0. The number of benzene rings is 2. The number of hydrogen-bond acceptors (Lipinski definition) is 7. The highest BCUT2D eigenvalue weighted by atomic mass is 19.1. The summed E-state index contributed by atoms with van der Waals surface area (Å²) in [5, 5.41) is 9.52. The van der Waals surface area contributed by atoms with E-state index in [0.717, 1.165) is 5.56 Å². The van der Waals surface area contributed by atoms with E-state index < -0.39 is 29.5 Å². The fourth-order valence-corrected chi connectivity index (χ4v) is 2.70. The van der Waals surface area contributed by atoms with Crippen LogP contribution in [0.2, 0.25) is 0 Å². The van der Waals surface area contributed by atoms with Gasteiger partial charge in [0.1, 0.15) is 23.4 Å². The van der Waals surface area contributed by atoms with Gasteiger partial charge < -0.3 is 24.7 Å². The van der Waals surface area contributed by atoms with Crippen LogP contribution in [-0.4, -0.2) is 29.2 Å². The maximum Gasteiger partial charge on any atom is 0.419 e. The number of aromatic amines is 1. The largest absolute Gasteiger partial charge is 0.492 e. The molecule has 0 saturated carbocycles. The lowest BCUT2D eigenvalue weighted by molar-refractivity contribution is -0.142. The van der Waals surface area contributed by atoms with Crippen molar-refractivity contribution in [3.63, 3.8) is 0 Å². The molecule has 8 nitrogen and oxygen atoms in total. The van der Waals surface area contributed by atoms with Crippen molar-refractivity contribution in [2.75, 3.05) is 7.11 Å². The second-order valence-corrected chi connectivity index (χ2v) is 6.30. The van der Waals surface area contributed by atoms with E-state index in [9.17, 15) is 19.1 Å². The van der Waals surface area contributed by atoms with Crippen LogP contribution in [-0.2, 0) is 22.4 Å². The first-order valence-corrected chi connectivity index (χ1v) is 8.65. The highest BCUT2D eigenvalue weighted by molar-refractivity contribution is 5.75. The van der Waals surface area contributed by atoms with Gasteiger partial charge in [-0.25, -0.2) is 9.18 Å². The number of rotatable bonds is 7. The van der Waals surface area contributed by atoms with Crippen molar-refractivity contribution in [1.29, 1.82) is 0 Å². The van der Waals surface area contributed by atoms with E-state index in [1.165, 1.54) is 19.2 Å². The van der Waals surface area contributed by atoms with Crippen LogP contribution in [0.4, 0.5) is 4.39 Å². The Morgan fingerprint density at radius 1 is 1.24 bits per heavy atom. The lowest BCUT2D eigenvalue weighted by atomic mass is 10.1. The van der Waals surface area contributed by atoms with Crippen molar-refractivity contribution in [2.24, 2.45) is 5.73 Å². The highest BCUT2D eigenvalue weighted by Gasteiger charge is 2.15. The third-order valence-corrected chi connectivity index (χ3v) is 4.19. The molecule has 9 heteroatoms. The van der Waals surface area contributed by atoms with E-state index in [1.54, 1.807) is 30.3 Å². The molecule has 0 saturated heterocycles. The molecular weight excluding hydrogens is 383 g/mol. The average Bonchev–Trinajstić information content (AvgIpc) is 3.01. The van der Waals surface area contributed by atoms with Crippen molar-refractivity contribution in [3.8, 4) is 17.4 Å². The summed E-state index contributed by atoms with van der Waals surface area (Å²) in [5.41, 5.74) is 6.78. The Hall–Kier alpha value is -3.59. The van der Waals surface area contributed by atoms with Gasteiger partial charge in [0, 0.05) is 12.5 Å². The topological polar surface area (TPSA) is 128 Å². The first kappa shape index (κ1) is 20.2. The van der Waals surface area contributed by atoms with Crippen LogP contribution >= 0.6 is 0 Å². The molecule has 1 aromatic heterocycles. The summed E-state index contributed by atoms with van der Waals surface area (Å²) in [6, 6.07) is 10.3. The van der Waals surface area contributed by atoms with Crippen LogP contribution < -0.4 is 16.2 Å². The molecule has 0 aliphatic carbocycles. The average molecular weight is 402 g/mol. The van der Waals surface area contributed by atoms with Crippen LogP contribution in [0.3, 0.4) is 0 Å². The molecule has 4 N–H and O–H groups in total. The number of halogens is 1. The maximum absolute atomic E-state index is 14.3. The molecule has 2 aromatic carbocycles. The van der Waals surface area contributed by atoms with Crippen molar-refractivity contribution < 1.29 is 28.2 Å². The Balaban J connectivity index is 1.66. The third-order valence-electron chi connectivity index (χ3n) is 4.19. The number of ether oxygens (including phenoxy) is 2. The molecule has 3 rings (SSSR count). The van der Waals surface area contributed by atoms with Crippen molar-refractivity contribution in [1.82, 2.24) is 4.98 Å². The number of oxazole rings is 1. The Kier molecular flexibility index (Phi) is 5.99. The van der Waals surface area contributed by atoms with Gasteiger partial charge in [-0.05, 0) is 35.7 Å². The predicted octanol–water partition coefficient (Wildman–Crippen LogP) is 2.24. The molecule has 0 bridgehead atoms. The van der Waals surface area contributed by atoms with Crippen LogP contribution in [0, 0.1) is 5.82 Å². The smallest absolute Gasteiger partial charge is 0.419 e. The Morgan fingerprint density at radius 2 is 1.93 bits per heavy atom. The molecule has 0 fully saturated rings. The summed E-state index contributed by atoms with van der Waals surface area (Å²) in [4.78, 5) is 24.5. The predicted molar refractivity (Wildman–Crippen MR) is 100 cm³/mol. The lowest BCUT2D eigenvalue weighted by Gasteiger charge is -2.11. The van der Waals surface area contributed by atoms with Gasteiger partial charge in [-0.15, -0.1) is 0 Å². The van der Waals surface area contributed by atoms with Crippen LogP contribution in [0.15, 0.2) is 51.7 Å². The lowest BCUT2D eigenvalue weighted by Crippen LogP contribution is -2.33. The van der Waals surface area contributed by atoms with Crippen molar-refractivity contribution >= 4 is 5.97 Å². The number of carbonyl (C=O) groups is 1. The SMILES string of the molecule is COC(=O)C(N)Cc1ccc(Oc2ccc(Cc3oc(=O)[nH]c3O)c(F)c2)cc1. The van der Waals surface area contributed by atoms with Gasteiger partial charge in [-0.3, -0.25) is 9.78 Å². The Bertz CT molecular complexity index is 1060. The summed E-state index contributed by atoms with van der Waals surface area (Å²) >= 11 is 0. The van der Waals surface area contributed by atoms with E-state index in [1.807, 2.05) is 0 Å². The molecule has 0 aliphatic heterocycles. The van der Waals surface area contributed by atoms with Crippen LogP contribution in [0.1, 0.15) is 16.9 Å². The fraction of sp³-hybridized carbons (Fsp3) is 0.200. The van der Waals surface area contributed by atoms with Crippen molar-refractivity contribution in [2.45, 2.75) is 18.9 Å². The zero-order valence-electron chi connectivity index (χ0n) is 15.5. The fourth-order valence-electron chi connectivity index (χ4n) is 2.70. The van der Waals surface area contributed by atoms with Gasteiger partial charge in [-0.2, -0.15) is 0 Å². The number of hydrogen-bond donors (Lipinski definition) is 3. The first-order valence-electron chi connectivity index (χ1n) is 8.65. The van der Waals surface area contributed by atoms with Gasteiger partial charge >= 0.3 is 11.7 Å². The Morgan fingerprint density at radius 3 is 2.52 bits per heavy atom. The normalized spacial score (nSPS) is 11.8. The number of nitrogens with two attached hydrogens (primary N) is 1. The van der Waals surface area contributed by atoms with E-state index in [2.05, 4.69) is 9.72 Å². The minimum atomic E-state index is -0.811. The number of H-pyrrole nitrogens is 1. The number of aromatic nitrogens is 1. The van der Waals surface area contributed by atoms with E-state index in [-0.39, 0.29) is 23.5 Å². The number of esters is 1. The number of methoxy groups -OCH3 is 1. The minimum Gasteiger partial charge on any atom is -0.492 e. The molecule has 1 atom stereocenters. The summed E-state index contributed by atoms with van der Waals surface area (Å²) in [6.07, 6.45) is 0.226. The minimum absolute atomic E-state index is 0.0525. The second kappa shape index (κ2) is 8.61. The van der Waals surface area contributed by atoms with Gasteiger partial charge in [0.25, 0.3) is 0 Å². The van der Waals surface area contributed by atoms with Gasteiger partial charge in [0.05, 0.1) is 7.11 Å². The quantitative estimate of drug-likeness (QED) is 0.517. The second-order valence-electron chi connectivity index (χ2n) is 6.30. The summed E-state index contributed by atoms with van der Waals surface area (Å²) in [5.74, 6) is -1.62. The van der Waals surface area contributed by atoms with Crippen molar-refractivity contribution in [3.05, 3.63) is 75.7 Å². The van der Waals surface area contributed by atoms with E-state index in [4.69, 9.17) is 14.9 Å². The van der Waals surface area contributed by atoms with Crippen LogP contribution in [0.25, 0.3) is 0 Å². The zero-order chi connectivity index (χ0) is 21.0. The first-order chi connectivity index (χ1) is 13.9. The third kappa shape index (κ3) is 5.02. The van der Waals surface area contributed by atoms with Gasteiger partial charge in [0.15, 0.2) is 5.76 Å². The zero-order valence-corrected chi connectivity index (χ0v) is 15.5. The molecule has 1 unspecified atom stereocenters.